The number of likely N-dealkylation sites (tertiary alicyclic amines) is 2. The van der Waals surface area contributed by atoms with Crippen molar-refractivity contribution < 1.29 is 14.4 Å². The molecule has 2 saturated heterocycles. The van der Waals surface area contributed by atoms with Crippen LogP contribution >= 0.6 is 0 Å². The number of carbonyl (C=O) groups is 3. The van der Waals surface area contributed by atoms with E-state index in [1.807, 2.05) is 42.3 Å². The van der Waals surface area contributed by atoms with E-state index >= 15 is 0 Å². The molecule has 196 valence electrons. The number of aryl methyl sites for hydroxylation is 1. The lowest BCUT2D eigenvalue weighted by Crippen LogP contribution is -2.49. The normalized spacial score (nSPS) is 18.8. The summed E-state index contributed by atoms with van der Waals surface area (Å²) in [6.07, 6.45) is 5.97. The zero-order chi connectivity index (χ0) is 26.5. The van der Waals surface area contributed by atoms with Gasteiger partial charge in [0.05, 0.1) is 17.7 Å². The first-order valence-electron chi connectivity index (χ1n) is 12.8. The highest BCUT2D eigenvalue weighted by Gasteiger charge is 2.32. The molecule has 0 aliphatic carbocycles. The van der Waals surface area contributed by atoms with Gasteiger partial charge in [0.15, 0.2) is 5.57 Å². The van der Waals surface area contributed by atoms with Crippen molar-refractivity contribution in [2.24, 2.45) is 0 Å². The molecule has 37 heavy (non-hydrogen) atoms. The van der Waals surface area contributed by atoms with Gasteiger partial charge in [0.25, 0.3) is 5.91 Å². The van der Waals surface area contributed by atoms with Gasteiger partial charge in [0.1, 0.15) is 17.9 Å². The van der Waals surface area contributed by atoms with Gasteiger partial charge in [-0.2, -0.15) is 5.26 Å². The molecule has 3 N–H and O–H groups in total. The first kappa shape index (κ1) is 26.1. The van der Waals surface area contributed by atoms with Crippen LogP contribution in [-0.4, -0.2) is 83.7 Å². The number of hydrogen-bond donors (Lipinski definition) is 3. The molecule has 2 aromatic rings. The number of aromatic nitrogens is 1. The number of amides is 3. The number of hydrogen-bond acceptors (Lipinski definition) is 6. The van der Waals surface area contributed by atoms with E-state index in [-0.39, 0.29) is 29.8 Å². The zero-order valence-electron chi connectivity index (χ0n) is 21.8. The highest BCUT2D eigenvalue weighted by Crippen LogP contribution is 2.27. The summed E-state index contributed by atoms with van der Waals surface area (Å²) in [5.74, 6) is -0.538. The van der Waals surface area contributed by atoms with E-state index < -0.39 is 11.9 Å². The van der Waals surface area contributed by atoms with Gasteiger partial charge in [-0.25, -0.2) is 0 Å². The van der Waals surface area contributed by atoms with E-state index in [1.54, 1.807) is 19.0 Å². The average Bonchev–Trinajstić information content (AvgIpc) is 3.52. The summed E-state index contributed by atoms with van der Waals surface area (Å²) < 4.78 is 0. The number of nitrogens with zero attached hydrogens (tertiary/aromatic N) is 4. The molecule has 3 heterocycles. The van der Waals surface area contributed by atoms with E-state index in [0.717, 1.165) is 55.2 Å². The average molecular weight is 506 g/mol. The Balaban J connectivity index is 1.63. The summed E-state index contributed by atoms with van der Waals surface area (Å²) >= 11 is 0. The van der Waals surface area contributed by atoms with Crippen LogP contribution in [0.3, 0.4) is 0 Å². The number of benzene rings is 1. The molecule has 2 fully saturated rings. The van der Waals surface area contributed by atoms with Crippen molar-refractivity contribution in [2.45, 2.75) is 45.1 Å². The minimum Gasteiger partial charge on any atom is -0.359 e. The molecular weight excluding hydrogens is 470 g/mol. The third-order valence-electron chi connectivity index (χ3n) is 7.05. The molecule has 2 aliphatic heterocycles. The molecule has 1 aromatic carbocycles. The number of likely N-dealkylation sites (N-methyl/N-ethyl adjacent to an activating group) is 1. The maximum atomic E-state index is 13.6. The fourth-order valence-electron chi connectivity index (χ4n) is 4.94. The maximum Gasteiger partial charge on any atom is 0.267 e. The van der Waals surface area contributed by atoms with Crippen LogP contribution in [0.1, 0.15) is 37.7 Å². The molecule has 3 amide bonds. The zero-order valence-corrected chi connectivity index (χ0v) is 21.8. The van der Waals surface area contributed by atoms with Crippen molar-refractivity contribution in [3.63, 3.8) is 0 Å². The summed E-state index contributed by atoms with van der Waals surface area (Å²) in [6.45, 7) is 4.02. The van der Waals surface area contributed by atoms with Crippen LogP contribution in [0, 0.1) is 18.3 Å². The molecule has 0 saturated carbocycles. The third-order valence-corrected chi connectivity index (χ3v) is 7.05. The number of nitriles is 1. The summed E-state index contributed by atoms with van der Waals surface area (Å²) in [4.78, 5) is 47.3. The summed E-state index contributed by atoms with van der Waals surface area (Å²) in [7, 11) is 3.16. The van der Waals surface area contributed by atoms with Crippen LogP contribution in [0.15, 0.2) is 35.8 Å². The summed E-state index contributed by atoms with van der Waals surface area (Å²) in [5.41, 5.74) is 2.45. The van der Waals surface area contributed by atoms with E-state index in [4.69, 9.17) is 0 Å². The second kappa shape index (κ2) is 11.4. The Hall–Kier alpha value is -4.00. The third kappa shape index (κ3) is 5.71. The Morgan fingerprint density at radius 3 is 2.59 bits per heavy atom. The van der Waals surface area contributed by atoms with Crippen LogP contribution < -0.4 is 10.6 Å². The van der Waals surface area contributed by atoms with Gasteiger partial charge < -0.3 is 30.3 Å². The highest BCUT2D eigenvalue weighted by molar-refractivity contribution is 6.00. The number of fused-ring (bicyclic) bond motifs is 1. The Morgan fingerprint density at radius 1 is 1.16 bits per heavy atom. The van der Waals surface area contributed by atoms with Crippen LogP contribution in [0.4, 0.5) is 5.69 Å². The minimum atomic E-state index is -0.681. The summed E-state index contributed by atoms with van der Waals surface area (Å²) in [5, 5.41) is 17.4. The first-order valence-corrected chi connectivity index (χ1v) is 12.8. The molecule has 1 atom stereocenters. The first-order chi connectivity index (χ1) is 17.8. The highest BCUT2D eigenvalue weighted by atomic mass is 16.2. The van der Waals surface area contributed by atoms with Crippen molar-refractivity contribution in [2.75, 3.05) is 45.6 Å². The van der Waals surface area contributed by atoms with E-state index in [9.17, 15) is 19.6 Å². The van der Waals surface area contributed by atoms with Crippen molar-refractivity contribution >= 4 is 34.3 Å². The van der Waals surface area contributed by atoms with Crippen LogP contribution in [0.2, 0.25) is 0 Å². The molecule has 0 unspecified atom stereocenters. The molecule has 2 aliphatic rings. The molecule has 0 spiro atoms. The van der Waals surface area contributed by atoms with Crippen molar-refractivity contribution in [1.82, 2.24) is 25.0 Å². The fourth-order valence-corrected chi connectivity index (χ4v) is 4.94. The SMILES string of the molecule is Cc1c[nH]c2c(N/C(N[C@H]3CCCCN(CC(=O)N4CCCC4)C3=O)=C(\C#N)C(=O)N(C)C)cccc12. The molecule has 1 aromatic heterocycles. The quantitative estimate of drug-likeness (QED) is 0.392. The van der Waals surface area contributed by atoms with Crippen molar-refractivity contribution in [3.05, 3.63) is 41.4 Å². The van der Waals surface area contributed by atoms with E-state index in [0.29, 0.717) is 18.7 Å². The van der Waals surface area contributed by atoms with Gasteiger partial charge in [-0.3, -0.25) is 14.4 Å². The van der Waals surface area contributed by atoms with Gasteiger partial charge in [-0.15, -0.1) is 0 Å². The minimum absolute atomic E-state index is 0.0327. The largest absolute Gasteiger partial charge is 0.359 e. The van der Waals surface area contributed by atoms with Gasteiger partial charge in [0, 0.05) is 45.3 Å². The van der Waals surface area contributed by atoms with Gasteiger partial charge >= 0.3 is 0 Å². The Bertz CT molecular complexity index is 1250. The maximum absolute atomic E-state index is 13.6. The standard InChI is InChI=1S/C27H35N7O3/c1-18-16-29-24-19(18)9-8-11-21(24)30-25(20(15-28)26(36)32(2)3)31-22-10-4-5-14-34(27(22)37)17-23(35)33-12-6-7-13-33/h8-9,11,16,22,29-31H,4-7,10,12-14,17H2,1-3H3/b25-20-/t22-/m0/s1. The molecular formula is C27H35N7O3. The number of carbonyl (C=O) groups excluding carboxylic acids is 3. The number of nitrogens with one attached hydrogen (secondary N) is 3. The lowest BCUT2D eigenvalue weighted by atomic mass is 10.1. The van der Waals surface area contributed by atoms with Crippen LogP contribution in [-0.2, 0) is 14.4 Å². The van der Waals surface area contributed by atoms with E-state index in [1.165, 1.54) is 4.90 Å². The Morgan fingerprint density at radius 2 is 1.89 bits per heavy atom. The second-order valence-electron chi connectivity index (χ2n) is 9.93. The van der Waals surface area contributed by atoms with Crippen molar-refractivity contribution in [3.8, 4) is 6.07 Å². The monoisotopic (exact) mass is 505 g/mol. The van der Waals surface area contributed by atoms with Crippen molar-refractivity contribution in [1.29, 1.82) is 5.26 Å². The van der Waals surface area contributed by atoms with Gasteiger partial charge in [-0.1, -0.05) is 12.1 Å². The predicted molar refractivity (Wildman–Crippen MR) is 141 cm³/mol. The predicted octanol–water partition coefficient (Wildman–Crippen LogP) is 2.30. The molecule has 0 bridgehead atoms. The van der Waals surface area contributed by atoms with Crippen LogP contribution in [0.5, 0.6) is 0 Å². The number of rotatable bonds is 7. The summed E-state index contributed by atoms with van der Waals surface area (Å²) in [6, 6.07) is 7.08. The molecule has 0 radical (unpaired) electrons. The number of para-hydroxylation sites is 1. The number of aromatic amines is 1. The lowest BCUT2D eigenvalue weighted by Gasteiger charge is -2.28. The van der Waals surface area contributed by atoms with Gasteiger partial charge in [-0.05, 0) is 50.7 Å². The topological polar surface area (TPSA) is 125 Å². The van der Waals surface area contributed by atoms with E-state index in [2.05, 4.69) is 15.6 Å². The number of H-pyrrole nitrogens is 1. The van der Waals surface area contributed by atoms with Crippen LogP contribution in [0.25, 0.3) is 10.9 Å². The second-order valence-corrected chi connectivity index (χ2v) is 9.93. The smallest absolute Gasteiger partial charge is 0.267 e. The van der Waals surface area contributed by atoms with Gasteiger partial charge in [0.2, 0.25) is 11.8 Å². The number of anilines is 1. The Labute approximate surface area is 217 Å². The molecule has 10 nitrogen and oxygen atoms in total. The molecule has 4 rings (SSSR count). The molecule has 10 heteroatoms. The fraction of sp³-hybridized carbons (Fsp3) is 0.481. The lowest BCUT2D eigenvalue weighted by molar-refractivity contribution is -0.140. The Kier molecular flexibility index (Phi) is 8.01.